The van der Waals surface area contributed by atoms with E-state index < -0.39 is 11.8 Å². The molecule has 0 spiro atoms. The highest BCUT2D eigenvalue weighted by Gasteiger charge is 2.56. The summed E-state index contributed by atoms with van der Waals surface area (Å²) in [5, 5.41) is 15.7. The lowest BCUT2D eigenvalue weighted by atomic mass is 9.87. The zero-order valence-electron chi connectivity index (χ0n) is 25.1. The maximum Gasteiger partial charge on any atom is 0.306 e. The first-order valence-corrected chi connectivity index (χ1v) is 17.1. The van der Waals surface area contributed by atoms with Gasteiger partial charge in [-0.2, -0.15) is 0 Å². The summed E-state index contributed by atoms with van der Waals surface area (Å²) in [5.41, 5.74) is 1.45. The molecule has 2 N–H and O–H groups in total. The largest absolute Gasteiger partial charge is 0.481 e. The van der Waals surface area contributed by atoms with Gasteiger partial charge in [0.2, 0.25) is 5.85 Å². The Morgan fingerprint density at radius 2 is 1.71 bits per heavy atom. The summed E-state index contributed by atoms with van der Waals surface area (Å²) < 4.78 is 13.4. The van der Waals surface area contributed by atoms with E-state index in [-0.39, 0.29) is 41.3 Å². The maximum atomic E-state index is 14.6. The van der Waals surface area contributed by atoms with Crippen LogP contribution in [-0.2, 0) is 25.5 Å². The van der Waals surface area contributed by atoms with Gasteiger partial charge < -0.3 is 19.9 Å². The molecule has 12 heteroatoms. The Labute approximate surface area is 276 Å². The molecule has 3 fully saturated rings. The van der Waals surface area contributed by atoms with Crippen LogP contribution in [0.5, 0.6) is 0 Å². The van der Waals surface area contributed by atoms with Crippen molar-refractivity contribution in [2.45, 2.75) is 63.0 Å². The van der Waals surface area contributed by atoms with E-state index in [9.17, 15) is 19.5 Å². The van der Waals surface area contributed by atoms with Gasteiger partial charge in [0.25, 0.3) is 5.91 Å². The number of carbonyl (C=O) groups excluding carboxylic acids is 2. The molecule has 2 aromatic carbocycles. The zero-order valence-corrected chi connectivity index (χ0v) is 27.4. The van der Waals surface area contributed by atoms with Gasteiger partial charge in [0, 0.05) is 60.2 Å². The third kappa shape index (κ3) is 6.52. The molecule has 45 heavy (non-hydrogen) atoms. The predicted molar refractivity (Wildman–Crippen MR) is 175 cm³/mol. The van der Waals surface area contributed by atoms with Crippen molar-refractivity contribution >= 4 is 68.0 Å². The van der Waals surface area contributed by atoms with E-state index in [1.807, 2.05) is 34.5 Å². The van der Waals surface area contributed by atoms with Crippen LogP contribution in [0.2, 0.25) is 10.0 Å². The number of carboxylic acids is 1. The van der Waals surface area contributed by atoms with Crippen LogP contribution in [0.15, 0.2) is 41.8 Å². The van der Waals surface area contributed by atoms with Crippen LogP contribution in [0.3, 0.4) is 0 Å². The summed E-state index contributed by atoms with van der Waals surface area (Å²) in [6, 6.07) is 10.9. The Hall–Kier alpha value is -2.57. The van der Waals surface area contributed by atoms with E-state index in [0.717, 1.165) is 22.9 Å². The number of likely N-dealkylation sites (tertiary alicyclic amines) is 2. The highest BCUT2D eigenvalue weighted by Crippen LogP contribution is 2.39. The Bertz CT molecular complexity index is 1580. The van der Waals surface area contributed by atoms with Crippen molar-refractivity contribution in [2.24, 2.45) is 5.92 Å². The average molecular weight is 675 g/mol. The first-order chi connectivity index (χ1) is 21.7. The third-order valence-corrected chi connectivity index (χ3v) is 11.0. The van der Waals surface area contributed by atoms with Crippen LogP contribution >= 0.6 is 34.5 Å². The maximum absolute atomic E-state index is 14.6. The number of carboxylic acid groups (broad SMARTS) is 1. The van der Waals surface area contributed by atoms with Gasteiger partial charge >= 0.3 is 5.97 Å². The number of hydrogen-bond acceptors (Lipinski definition) is 8. The minimum atomic E-state index is -1.32. The van der Waals surface area contributed by atoms with Gasteiger partial charge in [-0.25, -0.2) is 0 Å². The van der Waals surface area contributed by atoms with E-state index in [1.165, 1.54) is 11.3 Å². The second-order valence-corrected chi connectivity index (χ2v) is 13.8. The molecule has 1 saturated carbocycles. The number of rotatable bonds is 11. The summed E-state index contributed by atoms with van der Waals surface area (Å²) >= 11 is 14.9. The van der Waals surface area contributed by atoms with Gasteiger partial charge in [0.15, 0.2) is 5.78 Å². The number of carbonyl (C=O) groups is 3. The molecule has 1 aliphatic carbocycles. The number of ketones is 1. The first kappa shape index (κ1) is 32.4. The number of thiophene rings is 1. The molecule has 1 aromatic heterocycles. The topological polar surface area (TPSA) is 108 Å². The van der Waals surface area contributed by atoms with Crippen molar-refractivity contribution in [3.63, 3.8) is 0 Å². The van der Waals surface area contributed by atoms with Gasteiger partial charge in [0.05, 0.1) is 34.4 Å². The number of nitrogens with one attached hydrogen (secondary N) is 1. The third-order valence-electron chi connectivity index (χ3n) is 9.32. The lowest BCUT2D eigenvalue weighted by Crippen LogP contribution is -2.74. The Morgan fingerprint density at radius 3 is 2.40 bits per heavy atom. The van der Waals surface area contributed by atoms with E-state index in [1.54, 1.807) is 19.2 Å². The smallest absolute Gasteiger partial charge is 0.306 e. The summed E-state index contributed by atoms with van der Waals surface area (Å²) in [7, 11) is 1.67. The molecular formula is C33H37Cl2N3O6S. The summed E-state index contributed by atoms with van der Waals surface area (Å²) in [4.78, 5) is 43.5. The van der Waals surface area contributed by atoms with Crippen LogP contribution in [0.25, 0.3) is 10.1 Å². The Balaban J connectivity index is 1.25. The van der Waals surface area contributed by atoms with Crippen LogP contribution in [0, 0.1) is 5.92 Å². The van der Waals surface area contributed by atoms with Gasteiger partial charge in [-0.05, 0) is 62.3 Å². The number of methoxy groups -OCH3 is 1. The molecule has 3 aromatic rings. The number of fused-ring (bicyclic) bond motifs is 1. The van der Waals surface area contributed by atoms with E-state index >= 15 is 0 Å². The highest BCUT2D eigenvalue weighted by molar-refractivity contribution is 7.17. The fourth-order valence-electron chi connectivity index (χ4n) is 6.73. The van der Waals surface area contributed by atoms with E-state index in [2.05, 4.69) is 10.2 Å². The lowest BCUT2D eigenvalue weighted by Gasteiger charge is -2.55. The van der Waals surface area contributed by atoms with Crippen molar-refractivity contribution in [1.82, 2.24) is 9.80 Å². The number of Topliss-reactive ketones (excluding diaryl/α,β-unsaturated/α-hetero) is 1. The SMILES string of the molecule is COC1CN(C(O[C@H]2CC[C@H](C(=O)O)CC2)(C(=O)Cc2cc(Cl)c(NC(=O)c3csc4ccccc34)cc2Cl)N2CCCC2)C1. The Morgan fingerprint density at radius 1 is 1.00 bits per heavy atom. The molecule has 3 aliphatic rings. The number of ether oxygens (including phenoxy) is 2. The molecular weight excluding hydrogens is 637 g/mol. The molecule has 0 bridgehead atoms. The molecule has 1 unspecified atom stereocenters. The molecule has 3 heterocycles. The summed E-state index contributed by atoms with van der Waals surface area (Å²) in [5.74, 6) is -2.94. The van der Waals surface area contributed by atoms with Crippen LogP contribution in [0.4, 0.5) is 5.69 Å². The number of amides is 1. The summed E-state index contributed by atoms with van der Waals surface area (Å²) in [6.45, 7) is 2.50. The van der Waals surface area contributed by atoms with Crippen molar-refractivity contribution in [2.75, 3.05) is 38.6 Å². The normalized spacial score (nSPS) is 22.6. The standard InChI is InChI=1S/C33H37Cl2N3O6S/c1-43-23-17-38(18-23)33(37-12-4-5-13-37,44-22-10-8-20(9-11-22)32(41)42)30(39)15-21-14-27(35)28(16-26(21)34)36-31(40)25-19-45-29-7-3-2-6-24(25)29/h2-3,6-7,14,16,19-20,22-23H,4-5,8-13,15,17-18H2,1H3,(H,36,40)(H,41,42)/t20-,22-,33?. The second-order valence-electron chi connectivity index (χ2n) is 12.1. The number of hydrogen-bond donors (Lipinski definition) is 2. The van der Waals surface area contributed by atoms with Gasteiger partial charge in [0.1, 0.15) is 0 Å². The van der Waals surface area contributed by atoms with Crippen molar-refractivity contribution < 1.29 is 29.0 Å². The van der Waals surface area contributed by atoms with Gasteiger partial charge in [-0.15, -0.1) is 11.3 Å². The summed E-state index contributed by atoms with van der Waals surface area (Å²) in [6.07, 6.45) is 3.78. The number of aliphatic carboxylic acids is 1. The van der Waals surface area contributed by atoms with Crippen LogP contribution < -0.4 is 5.32 Å². The molecule has 2 saturated heterocycles. The first-order valence-electron chi connectivity index (χ1n) is 15.4. The average Bonchev–Trinajstić information content (AvgIpc) is 3.70. The molecule has 1 amide bonds. The van der Waals surface area contributed by atoms with Crippen LogP contribution in [-0.4, -0.2) is 83.9 Å². The van der Waals surface area contributed by atoms with Gasteiger partial charge in [-0.3, -0.25) is 24.2 Å². The second kappa shape index (κ2) is 13.7. The lowest BCUT2D eigenvalue weighted by molar-refractivity contribution is -0.282. The fourth-order valence-corrected chi connectivity index (χ4v) is 8.14. The van der Waals surface area contributed by atoms with Gasteiger partial charge in [-0.1, -0.05) is 41.4 Å². The minimum absolute atomic E-state index is 0.00704. The molecule has 1 atom stereocenters. The van der Waals surface area contributed by atoms with Crippen LogP contribution in [0.1, 0.15) is 54.4 Å². The fraction of sp³-hybridized carbons (Fsp3) is 0.485. The Kier molecular flexibility index (Phi) is 9.82. The molecule has 2 aliphatic heterocycles. The van der Waals surface area contributed by atoms with E-state index in [4.69, 9.17) is 32.7 Å². The molecule has 0 radical (unpaired) electrons. The monoisotopic (exact) mass is 673 g/mol. The number of nitrogens with zero attached hydrogens (tertiary/aromatic N) is 2. The number of anilines is 1. The molecule has 9 nitrogen and oxygen atoms in total. The number of benzene rings is 2. The van der Waals surface area contributed by atoms with E-state index in [0.29, 0.717) is 73.7 Å². The highest BCUT2D eigenvalue weighted by atomic mass is 35.5. The molecule has 6 rings (SSSR count). The minimum Gasteiger partial charge on any atom is -0.481 e. The molecule has 240 valence electrons. The quantitative estimate of drug-likeness (QED) is 0.244. The predicted octanol–water partition coefficient (Wildman–Crippen LogP) is 6.31. The van der Waals surface area contributed by atoms with Crippen molar-refractivity contribution in [3.8, 4) is 0 Å². The van der Waals surface area contributed by atoms with Crippen molar-refractivity contribution in [3.05, 3.63) is 63.0 Å². The van der Waals surface area contributed by atoms with Crippen molar-refractivity contribution in [1.29, 1.82) is 0 Å². The zero-order chi connectivity index (χ0) is 31.7. The number of halogens is 2.